The molecule has 0 aliphatic carbocycles. The molecule has 0 aliphatic heterocycles. The van der Waals surface area contributed by atoms with Gasteiger partial charge in [-0.05, 0) is 99.0 Å². The normalized spacial score (nSPS) is 10.3. The highest BCUT2D eigenvalue weighted by atomic mass is 16.5. The van der Waals surface area contributed by atoms with E-state index in [9.17, 15) is 14.4 Å². The van der Waals surface area contributed by atoms with Crippen molar-refractivity contribution in [2.24, 2.45) is 0 Å². The Morgan fingerprint density at radius 3 is 1.87 bits per heavy atom. The second-order valence-electron chi connectivity index (χ2n) is 8.12. The van der Waals surface area contributed by atoms with E-state index in [1.165, 1.54) is 0 Å². The zero-order valence-electron chi connectivity index (χ0n) is 21.4. The summed E-state index contributed by atoms with van der Waals surface area (Å²) < 4.78 is 26.9. The molecule has 3 rings (SSSR count). The SMILES string of the molecule is C=CC(=O)OCCCCOc1ccc(C(=O)Oc2ccc(OC(=O)c3ccc(OCC)cc3)cc2C)cc1. The predicted molar refractivity (Wildman–Crippen MR) is 141 cm³/mol. The molecular weight excluding hydrogens is 488 g/mol. The van der Waals surface area contributed by atoms with E-state index in [1.807, 2.05) is 6.92 Å². The third kappa shape index (κ3) is 8.51. The van der Waals surface area contributed by atoms with Crippen molar-refractivity contribution in [3.05, 3.63) is 96.1 Å². The maximum atomic E-state index is 12.6. The van der Waals surface area contributed by atoms with Crippen LogP contribution >= 0.6 is 0 Å². The monoisotopic (exact) mass is 518 g/mol. The van der Waals surface area contributed by atoms with Crippen LogP contribution in [-0.4, -0.2) is 37.7 Å². The largest absolute Gasteiger partial charge is 0.494 e. The number of carbonyl (C=O) groups excluding carboxylic acids is 3. The standard InChI is InChI=1S/C30H30O8/c1-4-28(31)36-19-7-6-18-35-25-14-10-23(11-15-25)30(33)38-27-17-16-26(20-21(27)3)37-29(32)22-8-12-24(13-9-22)34-5-2/h4,8-17,20H,1,5-7,18-19H2,2-3H3. The number of aryl methyl sites for hydroxylation is 1. The average molecular weight is 519 g/mol. The summed E-state index contributed by atoms with van der Waals surface area (Å²) in [6, 6.07) is 18.1. The van der Waals surface area contributed by atoms with Crippen LogP contribution in [0.1, 0.15) is 46.0 Å². The second-order valence-corrected chi connectivity index (χ2v) is 8.12. The van der Waals surface area contributed by atoms with Gasteiger partial charge >= 0.3 is 17.9 Å². The van der Waals surface area contributed by atoms with Gasteiger partial charge in [0.1, 0.15) is 23.0 Å². The van der Waals surface area contributed by atoms with Crippen LogP contribution in [0.15, 0.2) is 79.4 Å². The van der Waals surface area contributed by atoms with Crippen LogP contribution in [0.3, 0.4) is 0 Å². The third-order valence-electron chi connectivity index (χ3n) is 5.27. The van der Waals surface area contributed by atoms with E-state index >= 15 is 0 Å². The Morgan fingerprint density at radius 1 is 0.737 bits per heavy atom. The molecule has 3 aromatic carbocycles. The van der Waals surface area contributed by atoms with Gasteiger partial charge in [-0.1, -0.05) is 6.58 Å². The minimum atomic E-state index is -0.525. The number of esters is 3. The Morgan fingerprint density at radius 2 is 1.29 bits per heavy atom. The number of benzene rings is 3. The van der Waals surface area contributed by atoms with Gasteiger partial charge in [-0.15, -0.1) is 0 Å². The van der Waals surface area contributed by atoms with Gasteiger partial charge in [-0.2, -0.15) is 0 Å². The topological polar surface area (TPSA) is 97.4 Å². The fourth-order valence-electron chi connectivity index (χ4n) is 3.29. The number of unbranched alkanes of at least 4 members (excludes halogenated alkanes) is 1. The van der Waals surface area contributed by atoms with E-state index in [0.29, 0.717) is 72.4 Å². The number of carbonyl (C=O) groups is 3. The lowest BCUT2D eigenvalue weighted by Gasteiger charge is -2.11. The summed E-state index contributed by atoms with van der Waals surface area (Å²) in [4.78, 5) is 36.0. The molecule has 38 heavy (non-hydrogen) atoms. The van der Waals surface area contributed by atoms with E-state index in [-0.39, 0.29) is 0 Å². The summed E-state index contributed by atoms with van der Waals surface area (Å²) >= 11 is 0. The maximum absolute atomic E-state index is 12.6. The van der Waals surface area contributed by atoms with Crippen molar-refractivity contribution in [1.29, 1.82) is 0 Å². The van der Waals surface area contributed by atoms with Gasteiger partial charge in [0.15, 0.2) is 0 Å². The number of rotatable bonds is 13. The van der Waals surface area contributed by atoms with E-state index < -0.39 is 17.9 Å². The molecule has 0 atom stereocenters. The van der Waals surface area contributed by atoms with E-state index in [2.05, 4.69) is 6.58 Å². The highest BCUT2D eigenvalue weighted by molar-refractivity contribution is 5.92. The number of hydrogen-bond donors (Lipinski definition) is 0. The molecule has 8 nitrogen and oxygen atoms in total. The Hall–Kier alpha value is -4.59. The first-order chi connectivity index (χ1) is 18.4. The summed E-state index contributed by atoms with van der Waals surface area (Å²) in [5.74, 6) is 0.504. The smallest absolute Gasteiger partial charge is 0.343 e. The lowest BCUT2D eigenvalue weighted by Crippen LogP contribution is -2.10. The predicted octanol–water partition coefficient (Wildman–Crippen LogP) is 5.72. The second kappa shape index (κ2) is 14.2. The van der Waals surface area contributed by atoms with E-state index in [0.717, 1.165) is 6.08 Å². The quantitative estimate of drug-likeness (QED) is 0.123. The molecule has 0 spiro atoms. The molecule has 0 saturated heterocycles. The van der Waals surface area contributed by atoms with Gasteiger partial charge in [-0.25, -0.2) is 14.4 Å². The van der Waals surface area contributed by atoms with Crippen LogP contribution in [0, 0.1) is 6.92 Å². The Bertz CT molecular complexity index is 1250. The van der Waals surface area contributed by atoms with Crippen LogP contribution in [-0.2, 0) is 9.53 Å². The molecule has 8 heteroatoms. The fraction of sp³-hybridized carbons (Fsp3) is 0.233. The summed E-state index contributed by atoms with van der Waals surface area (Å²) in [7, 11) is 0. The summed E-state index contributed by atoms with van der Waals surface area (Å²) in [6.45, 7) is 8.28. The fourth-order valence-corrected chi connectivity index (χ4v) is 3.29. The highest BCUT2D eigenvalue weighted by Crippen LogP contribution is 2.25. The van der Waals surface area contributed by atoms with Gasteiger partial charge < -0.3 is 23.7 Å². The van der Waals surface area contributed by atoms with Crippen molar-refractivity contribution in [2.45, 2.75) is 26.7 Å². The van der Waals surface area contributed by atoms with Gasteiger partial charge in [0.2, 0.25) is 0 Å². The molecule has 0 bridgehead atoms. The Balaban J connectivity index is 1.48. The minimum absolute atomic E-state index is 0.310. The first-order valence-corrected chi connectivity index (χ1v) is 12.2. The van der Waals surface area contributed by atoms with Crippen molar-refractivity contribution < 1.29 is 38.1 Å². The molecule has 0 amide bonds. The Labute approximate surface area is 221 Å². The van der Waals surface area contributed by atoms with Gasteiger partial charge in [0.05, 0.1) is 30.9 Å². The van der Waals surface area contributed by atoms with Gasteiger partial charge in [0, 0.05) is 6.08 Å². The third-order valence-corrected chi connectivity index (χ3v) is 5.27. The average Bonchev–Trinajstić information content (AvgIpc) is 2.92. The first-order valence-electron chi connectivity index (χ1n) is 12.2. The molecule has 0 heterocycles. The van der Waals surface area contributed by atoms with Crippen molar-refractivity contribution >= 4 is 17.9 Å². The zero-order valence-corrected chi connectivity index (χ0v) is 21.4. The summed E-state index contributed by atoms with van der Waals surface area (Å²) in [5.41, 5.74) is 1.39. The molecule has 0 aliphatic rings. The van der Waals surface area contributed by atoms with E-state index in [4.69, 9.17) is 23.7 Å². The lowest BCUT2D eigenvalue weighted by molar-refractivity contribution is -0.137. The van der Waals surface area contributed by atoms with Crippen LogP contribution in [0.4, 0.5) is 0 Å². The van der Waals surface area contributed by atoms with Crippen LogP contribution in [0.25, 0.3) is 0 Å². The lowest BCUT2D eigenvalue weighted by atomic mass is 10.2. The van der Waals surface area contributed by atoms with Crippen LogP contribution in [0.2, 0.25) is 0 Å². The Kier molecular flexibility index (Phi) is 10.5. The summed E-state index contributed by atoms with van der Waals surface area (Å²) in [6.07, 6.45) is 2.50. The molecule has 0 N–H and O–H groups in total. The molecular formula is C30H30O8. The molecule has 3 aromatic rings. The van der Waals surface area contributed by atoms with Gasteiger partial charge in [0.25, 0.3) is 0 Å². The molecule has 0 saturated carbocycles. The first kappa shape index (κ1) is 28.0. The van der Waals surface area contributed by atoms with Gasteiger partial charge in [-0.3, -0.25) is 0 Å². The van der Waals surface area contributed by atoms with Crippen LogP contribution < -0.4 is 18.9 Å². The van der Waals surface area contributed by atoms with Crippen molar-refractivity contribution in [1.82, 2.24) is 0 Å². The van der Waals surface area contributed by atoms with Crippen molar-refractivity contribution in [3.63, 3.8) is 0 Å². The molecule has 0 aromatic heterocycles. The van der Waals surface area contributed by atoms with E-state index in [1.54, 1.807) is 73.7 Å². The molecule has 0 radical (unpaired) electrons. The maximum Gasteiger partial charge on any atom is 0.343 e. The number of ether oxygens (including phenoxy) is 5. The molecule has 0 fully saturated rings. The number of hydrogen-bond acceptors (Lipinski definition) is 8. The zero-order chi connectivity index (χ0) is 27.3. The summed E-state index contributed by atoms with van der Waals surface area (Å²) in [5, 5.41) is 0. The van der Waals surface area contributed by atoms with Crippen LogP contribution in [0.5, 0.6) is 23.0 Å². The van der Waals surface area contributed by atoms with Crippen molar-refractivity contribution in [3.8, 4) is 23.0 Å². The highest BCUT2D eigenvalue weighted by Gasteiger charge is 2.14. The minimum Gasteiger partial charge on any atom is -0.494 e. The molecule has 0 unspecified atom stereocenters. The molecule has 198 valence electrons. The van der Waals surface area contributed by atoms with Crippen molar-refractivity contribution in [2.75, 3.05) is 19.8 Å².